The first kappa shape index (κ1) is 31.1. The van der Waals surface area contributed by atoms with Gasteiger partial charge in [-0.1, -0.05) is 80.7 Å². The fourth-order valence-corrected chi connectivity index (χ4v) is 4.16. The zero-order chi connectivity index (χ0) is 26.1. The predicted octanol–water partition coefficient (Wildman–Crippen LogP) is 4.23. The Bertz CT molecular complexity index is 692. The molecule has 0 bridgehead atoms. The van der Waals surface area contributed by atoms with E-state index in [9.17, 15) is 19.5 Å². The van der Waals surface area contributed by atoms with Gasteiger partial charge in [0.15, 0.2) is 0 Å². The van der Waals surface area contributed by atoms with E-state index in [0.717, 1.165) is 25.7 Å². The van der Waals surface area contributed by atoms with E-state index in [1.54, 1.807) is 25.1 Å². The van der Waals surface area contributed by atoms with Crippen molar-refractivity contribution in [2.75, 3.05) is 14.1 Å². The molecule has 0 saturated heterocycles. The van der Waals surface area contributed by atoms with Crippen LogP contribution in [-0.4, -0.2) is 60.0 Å². The highest BCUT2D eigenvalue weighted by Gasteiger charge is 2.40. The van der Waals surface area contributed by atoms with E-state index in [-0.39, 0.29) is 28.7 Å². The number of unbranched alkanes of at least 4 members (excludes halogenated alkanes) is 2. The van der Waals surface area contributed by atoms with Crippen LogP contribution in [0.1, 0.15) is 88.0 Å². The van der Waals surface area contributed by atoms with E-state index in [4.69, 9.17) is 0 Å². The van der Waals surface area contributed by atoms with Crippen molar-refractivity contribution in [1.29, 1.82) is 0 Å². The second-order valence-corrected chi connectivity index (χ2v) is 11.3. The molecule has 0 spiro atoms. The van der Waals surface area contributed by atoms with Gasteiger partial charge in [-0.15, -0.1) is 0 Å². The van der Waals surface area contributed by atoms with E-state index in [2.05, 4.69) is 31.4 Å². The van der Waals surface area contributed by atoms with Gasteiger partial charge in [-0.3, -0.25) is 9.59 Å². The molecule has 2 amide bonds. The molecule has 0 unspecified atom stereocenters. The Balaban J connectivity index is 5.88. The van der Waals surface area contributed by atoms with E-state index in [0.29, 0.717) is 0 Å². The Morgan fingerprint density at radius 2 is 1.58 bits per heavy atom. The third kappa shape index (κ3) is 9.48. The van der Waals surface area contributed by atoms with Crippen molar-refractivity contribution < 1.29 is 19.5 Å². The second-order valence-electron chi connectivity index (χ2n) is 11.3. The van der Waals surface area contributed by atoms with E-state index in [1.807, 2.05) is 34.6 Å². The molecule has 0 radical (unpaired) electrons. The first-order chi connectivity index (χ1) is 15.0. The summed E-state index contributed by atoms with van der Waals surface area (Å²) in [5.74, 6) is -1.43. The third-order valence-corrected chi connectivity index (χ3v) is 6.39. The summed E-state index contributed by atoms with van der Waals surface area (Å²) < 4.78 is 0. The normalized spacial score (nSPS) is 15.7. The average Bonchev–Trinajstić information content (AvgIpc) is 2.68. The van der Waals surface area contributed by atoms with Crippen molar-refractivity contribution >= 4 is 17.8 Å². The molecule has 0 aliphatic heterocycles. The standard InChI is InChI=1S/C26H49N3O4/c1-12-13-14-15-26(8,9)20(27-10)22(30)28-21(25(5,6)7)23(31)29(11)19(17(2)3)16-18(4)24(32)33/h16-17,19-21,27H,12-15H2,1-11H3,(H,28,30)(H,32,33)/b18-16+/t19-,20+,21-/m1/s1. The maximum absolute atomic E-state index is 13.6. The predicted molar refractivity (Wildman–Crippen MR) is 135 cm³/mol. The molecule has 0 aromatic heterocycles. The highest BCUT2D eigenvalue weighted by atomic mass is 16.4. The molecule has 0 aliphatic carbocycles. The molecule has 192 valence electrons. The largest absolute Gasteiger partial charge is 0.478 e. The molecule has 0 aromatic rings. The van der Waals surface area contributed by atoms with Crippen molar-refractivity contribution in [2.24, 2.45) is 16.7 Å². The van der Waals surface area contributed by atoms with Crippen molar-refractivity contribution in [3.63, 3.8) is 0 Å². The maximum atomic E-state index is 13.6. The van der Waals surface area contributed by atoms with Crippen LogP contribution < -0.4 is 10.6 Å². The van der Waals surface area contributed by atoms with E-state index in [1.165, 1.54) is 6.92 Å². The van der Waals surface area contributed by atoms with Gasteiger partial charge in [-0.2, -0.15) is 0 Å². The Kier molecular flexibility index (Phi) is 12.4. The number of amides is 2. The van der Waals surface area contributed by atoms with Crippen LogP contribution in [-0.2, 0) is 14.4 Å². The first-order valence-electron chi connectivity index (χ1n) is 12.2. The molecule has 3 atom stereocenters. The number of carboxylic acid groups (broad SMARTS) is 1. The van der Waals surface area contributed by atoms with Gasteiger partial charge in [-0.25, -0.2) is 4.79 Å². The number of aliphatic carboxylic acids is 1. The summed E-state index contributed by atoms with van der Waals surface area (Å²) in [5.41, 5.74) is -0.611. The minimum atomic E-state index is -1.01. The molecule has 0 heterocycles. The number of carbonyl (C=O) groups is 3. The molecule has 7 nitrogen and oxygen atoms in total. The Morgan fingerprint density at radius 1 is 1.03 bits per heavy atom. The summed E-state index contributed by atoms with van der Waals surface area (Å²) >= 11 is 0. The zero-order valence-electron chi connectivity index (χ0n) is 22.8. The highest BCUT2D eigenvalue weighted by Crippen LogP contribution is 2.29. The SMILES string of the molecule is CCCCCC(C)(C)[C@@H](NC)C(=O)N[C@H](C(=O)N(C)[C@H](/C=C(\C)C(=O)O)C(C)C)C(C)(C)C. The van der Waals surface area contributed by atoms with Crippen LogP contribution in [0.4, 0.5) is 0 Å². The Labute approximate surface area is 201 Å². The lowest BCUT2D eigenvalue weighted by Gasteiger charge is -2.39. The molecule has 0 rings (SSSR count). The van der Waals surface area contributed by atoms with Gasteiger partial charge in [0, 0.05) is 12.6 Å². The van der Waals surface area contributed by atoms with Gasteiger partial charge in [0.05, 0.1) is 12.1 Å². The lowest BCUT2D eigenvalue weighted by Crippen LogP contribution is -2.61. The maximum Gasteiger partial charge on any atom is 0.331 e. The smallest absolute Gasteiger partial charge is 0.331 e. The van der Waals surface area contributed by atoms with Gasteiger partial charge >= 0.3 is 5.97 Å². The Hall–Kier alpha value is -1.89. The summed E-state index contributed by atoms with van der Waals surface area (Å²) in [6.07, 6.45) is 5.80. The first-order valence-corrected chi connectivity index (χ1v) is 12.2. The van der Waals surface area contributed by atoms with Gasteiger partial charge in [0.2, 0.25) is 11.8 Å². The van der Waals surface area contributed by atoms with Gasteiger partial charge in [0.1, 0.15) is 6.04 Å². The Morgan fingerprint density at radius 3 is 1.97 bits per heavy atom. The minimum absolute atomic E-state index is 0.00660. The van der Waals surface area contributed by atoms with Crippen LogP contribution in [0.15, 0.2) is 11.6 Å². The fraction of sp³-hybridized carbons (Fsp3) is 0.808. The lowest BCUT2D eigenvalue weighted by molar-refractivity contribution is -0.141. The number of nitrogens with one attached hydrogen (secondary N) is 2. The summed E-state index contributed by atoms with van der Waals surface area (Å²) in [6.45, 7) is 17.5. The van der Waals surface area contributed by atoms with Gasteiger partial charge < -0.3 is 20.6 Å². The summed E-state index contributed by atoms with van der Waals surface area (Å²) in [7, 11) is 3.45. The van der Waals surface area contributed by atoms with Crippen molar-refractivity contribution in [3.05, 3.63) is 11.6 Å². The van der Waals surface area contributed by atoms with Crippen LogP contribution in [0.2, 0.25) is 0 Å². The van der Waals surface area contributed by atoms with Crippen LogP contribution in [0.3, 0.4) is 0 Å². The minimum Gasteiger partial charge on any atom is -0.478 e. The van der Waals surface area contributed by atoms with Crippen molar-refractivity contribution in [1.82, 2.24) is 15.5 Å². The molecule has 0 fully saturated rings. The quantitative estimate of drug-likeness (QED) is 0.278. The van der Waals surface area contributed by atoms with Gasteiger partial charge in [0.25, 0.3) is 0 Å². The number of hydrogen-bond acceptors (Lipinski definition) is 4. The van der Waals surface area contributed by atoms with Crippen molar-refractivity contribution in [3.8, 4) is 0 Å². The van der Waals surface area contributed by atoms with Crippen LogP contribution in [0, 0.1) is 16.7 Å². The number of hydrogen-bond donors (Lipinski definition) is 3. The second kappa shape index (κ2) is 13.1. The molecule has 0 aliphatic rings. The number of carboxylic acids is 1. The van der Waals surface area contributed by atoms with E-state index < -0.39 is 29.5 Å². The van der Waals surface area contributed by atoms with Crippen molar-refractivity contribution in [2.45, 2.75) is 106 Å². The molecule has 0 aromatic carbocycles. The lowest BCUT2D eigenvalue weighted by atomic mass is 9.78. The highest BCUT2D eigenvalue weighted by molar-refractivity contribution is 5.91. The van der Waals surface area contributed by atoms with Crippen LogP contribution in [0.5, 0.6) is 0 Å². The van der Waals surface area contributed by atoms with Crippen LogP contribution in [0.25, 0.3) is 0 Å². The molecule has 0 saturated carbocycles. The third-order valence-electron chi connectivity index (χ3n) is 6.39. The number of carbonyl (C=O) groups excluding carboxylic acids is 2. The molecular formula is C26H49N3O4. The zero-order valence-corrected chi connectivity index (χ0v) is 22.8. The summed E-state index contributed by atoms with van der Waals surface area (Å²) in [6, 6.07) is -1.59. The molecule has 33 heavy (non-hydrogen) atoms. The summed E-state index contributed by atoms with van der Waals surface area (Å²) in [5, 5.41) is 15.5. The van der Waals surface area contributed by atoms with Crippen LogP contribution >= 0.6 is 0 Å². The average molecular weight is 468 g/mol. The van der Waals surface area contributed by atoms with E-state index >= 15 is 0 Å². The number of rotatable bonds is 13. The molecule has 3 N–H and O–H groups in total. The summed E-state index contributed by atoms with van der Waals surface area (Å²) in [4.78, 5) is 39.9. The monoisotopic (exact) mass is 467 g/mol. The number of nitrogens with zero attached hydrogens (tertiary/aromatic N) is 1. The molecule has 7 heteroatoms. The number of likely N-dealkylation sites (N-methyl/N-ethyl adjacent to an activating group) is 2. The fourth-order valence-electron chi connectivity index (χ4n) is 4.16. The molecular weight excluding hydrogens is 418 g/mol. The van der Waals surface area contributed by atoms with Gasteiger partial charge in [-0.05, 0) is 37.1 Å². The topological polar surface area (TPSA) is 98.7 Å².